The highest BCUT2D eigenvalue weighted by molar-refractivity contribution is 5.88. The van der Waals surface area contributed by atoms with Gasteiger partial charge in [0.25, 0.3) is 0 Å². The molecule has 3 nitrogen and oxygen atoms in total. The van der Waals surface area contributed by atoms with Gasteiger partial charge in [0.1, 0.15) is 0 Å². The molecule has 6 aliphatic carbocycles. The Hall–Kier alpha value is -1.61. The van der Waals surface area contributed by atoms with Crippen LogP contribution in [0.15, 0.2) is 30.3 Å². The molecule has 2 N–H and O–H groups in total. The molecule has 0 radical (unpaired) electrons. The molecule has 5 fully saturated rings. The molecular formula is C37H53NO2. The smallest absolute Gasteiger partial charge is 0.335 e. The van der Waals surface area contributed by atoms with Crippen molar-refractivity contribution in [1.82, 2.24) is 5.32 Å². The van der Waals surface area contributed by atoms with E-state index in [1.807, 2.05) is 12.1 Å². The summed E-state index contributed by atoms with van der Waals surface area (Å²) in [6, 6.07) is 7.67. The van der Waals surface area contributed by atoms with Crippen LogP contribution in [0, 0.1) is 51.2 Å². The third-order valence-corrected chi connectivity index (χ3v) is 14.8. The average Bonchev–Trinajstić information content (AvgIpc) is 3.65. The van der Waals surface area contributed by atoms with Crippen molar-refractivity contribution in [3.8, 4) is 0 Å². The van der Waals surface area contributed by atoms with E-state index in [0.29, 0.717) is 33.3 Å². The molecule has 0 heterocycles. The van der Waals surface area contributed by atoms with Crippen LogP contribution in [-0.4, -0.2) is 23.2 Å². The lowest BCUT2D eigenvalue weighted by atomic mass is 9.33. The number of benzene rings is 1. The van der Waals surface area contributed by atoms with Crippen LogP contribution in [0.2, 0.25) is 0 Å². The van der Waals surface area contributed by atoms with Crippen LogP contribution in [0.4, 0.5) is 0 Å². The van der Waals surface area contributed by atoms with E-state index in [-0.39, 0.29) is 5.41 Å². The lowest BCUT2D eigenvalue weighted by Gasteiger charge is -2.72. The van der Waals surface area contributed by atoms with E-state index in [9.17, 15) is 9.90 Å². The van der Waals surface area contributed by atoms with Crippen LogP contribution in [0.25, 0.3) is 5.57 Å². The molecule has 7 unspecified atom stereocenters. The van der Waals surface area contributed by atoms with Gasteiger partial charge in [0.05, 0.1) is 5.56 Å². The zero-order valence-corrected chi connectivity index (χ0v) is 25.8. The number of nitrogens with one attached hydrogen (secondary N) is 1. The van der Waals surface area contributed by atoms with E-state index < -0.39 is 5.97 Å². The minimum atomic E-state index is -0.845. The maximum atomic E-state index is 11.5. The first-order chi connectivity index (χ1) is 18.9. The summed E-state index contributed by atoms with van der Waals surface area (Å²) in [4.78, 5) is 11.5. The predicted octanol–water partition coefficient (Wildman–Crippen LogP) is 8.99. The maximum absolute atomic E-state index is 11.5. The third-order valence-electron chi connectivity index (χ3n) is 14.8. The fourth-order valence-corrected chi connectivity index (χ4v) is 12.4. The number of allylic oxidation sites excluding steroid dienone is 2. The summed E-state index contributed by atoms with van der Waals surface area (Å²) in [6.07, 6.45) is 19.3. The van der Waals surface area contributed by atoms with Crippen molar-refractivity contribution in [3.63, 3.8) is 0 Å². The van der Waals surface area contributed by atoms with Gasteiger partial charge in [0, 0.05) is 5.54 Å². The topological polar surface area (TPSA) is 49.3 Å². The second kappa shape index (κ2) is 8.95. The minimum Gasteiger partial charge on any atom is -0.478 e. The van der Waals surface area contributed by atoms with Crippen molar-refractivity contribution >= 4 is 11.5 Å². The number of rotatable bonds is 5. The number of fused-ring (bicyclic) bond motifs is 7. The Morgan fingerprint density at radius 3 is 2.27 bits per heavy atom. The molecule has 0 amide bonds. The van der Waals surface area contributed by atoms with Crippen LogP contribution in [0.3, 0.4) is 0 Å². The Kier molecular flexibility index (Phi) is 6.09. The van der Waals surface area contributed by atoms with Gasteiger partial charge < -0.3 is 10.4 Å². The van der Waals surface area contributed by atoms with Gasteiger partial charge in [-0.15, -0.1) is 0 Å². The van der Waals surface area contributed by atoms with Crippen molar-refractivity contribution in [2.24, 2.45) is 51.2 Å². The Labute approximate surface area is 243 Å². The zero-order chi connectivity index (χ0) is 28.1. The van der Waals surface area contributed by atoms with Gasteiger partial charge >= 0.3 is 5.97 Å². The largest absolute Gasteiger partial charge is 0.478 e. The molecular weight excluding hydrogens is 490 g/mol. The van der Waals surface area contributed by atoms with E-state index in [2.05, 4.69) is 46.0 Å². The summed E-state index contributed by atoms with van der Waals surface area (Å²) < 4.78 is 0. The van der Waals surface area contributed by atoms with Gasteiger partial charge in [-0.25, -0.2) is 4.79 Å². The van der Waals surface area contributed by atoms with E-state index in [1.54, 1.807) is 12.1 Å². The van der Waals surface area contributed by atoms with Crippen molar-refractivity contribution in [2.75, 3.05) is 6.54 Å². The van der Waals surface area contributed by atoms with E-state index in [4.69, 9.17) is 0 Å². The summed E-state index contributed by atoms with van der Waals surface area (Å²) >= 11 is 0. The number of aromatic carboxylic acids is 1. The molecule has 5 saturated carbocycles. The summed E-state index contributed by atoms with van der Waals surface area (Å²) in [6.45, 7) is 14.4. The number of carboxylic acids is 1. The van der Waals surface area contributed by atoms with Gasteiger partial charge in [-0.05, 0) is 152 Å². The Balaban J connectivity index is 1.19. The molecule has 1 aromatic rings. The Bertz CT molecular complexity index is 1210. The lowest BCUT2D eigenvalue weighted by Crippen LogP contribution is -2.67. The second-order valence-electron chi connectivity index (χ2n) is 16.6. The number of hydrogen-bond acceptors (Lipinski definition) is 2. The molecule has 1 aromatic carbocycles. The van der Waals surface area contributed by atoms with Crippen LogP contribution >= 0.6 is 0 Å². The lowest BCUT2D eigenvalue weighted by molar-refractivity contribution is -0.217. The minimum absolute atomic E-state index is 0.0801. The van der Waals surface area contributed by atoms with Crippen molar-refractivity contribution in [3.05, 3.63) is 41.5 Å². The molecule has 218 valence electrons. The highest BCUT2D eigenvalue weighted by Gasteiger charge is 2.69. The fraction of sp³-hybridized carbons (Fsp3) is 0.757. The molecule has 0 aliphatic heterocycles. The Morgan fingerprint density at radius 1 is 0.825 bits per heavy atom. The van der Waals surface area contributed by atoms with E-state index in [1.165, 1.54) is 88.3 Å². The Morgan fingerprint density at radius 2 is 1.57 bits per heavy atom. The molecule has 0 aromatic heterocycles. The predicted molar refractivity (Wildman–Crippen MR) is 163 cm³/mol. The number of hydrogen-bond donors (Lipinski definition) is 2. The molecule has 7 rings (SSSR count). The van der Waals surface area contributed by atoms with E-state index in [0.717, 1.165) is 30.1 Å². The quantitative estimate of drug-likeness (QED) is 0.390. The number of carboxylic acid groups (broad SMARTS) is 1. The van der Waals surface area contributed by atoms with Gasteiger partial charge in [-0.1, -0.05) is 59.2 Å². The highest BCUT2D eigenvalue weighted by atomic mass is 16.4. The maximum Gasteiger partial charge on any atom is 0.335 e. The molecule has 0 bridgehead atoms. The molecule has 3 heteroatoms. The first kappa shape index (κ1) is 27.2. The summed E-state index contributed by atoms with van der Waals surface area (Å²) in [5, 5.41) is 13.7. The summed E-state index contributed by atoms with van der Waals surface area (Å²) in [5.74, 6) is 3.33. The average molecular weight is 544 g/mol. The highest BCUT2D eigenvalue weighted by Crippen LogP contribution is 2.76. The molecule has 6 aliphatic rings. The normalized spacial score (nSPS) is 45.5. The molecule has 40 heavy (non-hydrogen) atoms. The van der Waals surface area contributed by atoms with Crippen LogP contribution in [0.1, 0.15) is 128 Å². The van der Waals surface area contributed by atoms with Crippen molar-refractivity contribution in [2.45, 2.75) is 117 Å². The third kappa shape index (κ3) is 3.67. The molecule has 0 spiro atoms. The van der Waals surface area contributed by atoms with Crippen LogP contribution < -0.4 is 5.32 Å². The standard InChI is InChI=1S/C37H53NO2/c1-33(2)27(25-10-12-26(13-11-25)32(39)40)16-19-34(3)30(33)17-20-36(5)31(34)15-14-28-29-7-6-18-37(29,22-21-35(28,36)4)38-23-24-8-9-24/h10-13,16,24,28-31,38H,6-9,14-15,17-23H2,1-5H3,(H,39,40)/t28?,29?,30?,31?,34?,35-,36?,37?/m1/s1. The first-order valence-corrected chi connectivity index (χ1v) is 16.7. The SMILES string of the molecule is CC1(C)C(c2ccc(C(=O)O)cc2)=CCC2(C)C1CCC1(C)C2CCC2C3CCCC3(NCC3CC3)CC[C@]21C. The second-order valence-corrected chi connectivity index (χ2v) is 16.6. The zero-order valence-electron chi connectivity index (χ0n) is 25.8. The summed E-state index contributed by atoms with van der Waals surface area (Å²) in [7, 11) is 0. The van der Waals surface area contributed by atoms with E-state index >= 15 is 0 Å². The van der Waals surface area contributed by atoms with Crippen LogP contribution in [0.5, 0.6) is 0 Å². The fourth-order valence-electron chi connectivity index (χ4n) is 12.4. The van der Waals surface area contributed by atoms with Crippen molar-refractivity contribution < 1.29 is 9.90 Å². The number of carbonyl (C=O) groups is 1. The van der Waals surface area contributed by atoms with Crippen LogP contribution in [-0.2, 0) is 0 Å². The molecule has 0 saturated heterocycles. The monoisotopic (exact) mass is 543 g/mol. The van der Waals surface area contributed by atoms with Gasteiger partial charge in [0.15, 0.2) is 0 Å². The molecule has 8 atom stereocenters. The van der Waals surface area contributed by atoms with Gasteiger partial charge in [0.2, 0.25) is 0 Å². The first-order valence-electron chi connectivity index (χ1n) is 16.7. The van der Waals surface area contributed by atoms with Gasteiger partial charge in [-0.2, -0.15) is 0 Å². The van der Waals surface area contributed by atoms with Crippen molar-refractivity contribution in [1.29, 1.82) is 0 Å². The van der Waals surface area contributed by atoms with Gasteiger partial charge in [-0.3, -0.25) is 0 Å². The summed E-state index contributed by atoms with van der Waals surface area (Å²) in [5.41, 5.74) is 4.73.